The standard InChI is InChI=1S/C21H18BrClN4O3/c22-14-6-7-18(28)16(12-14)20(29)26-10-8-25(9-11-26)17-13-24-27(21(30)19(17)23)15-4-2-1-3-5-15/h1-7,12-13,28H,8-11H2. The molecule has 0 bridgehead atoms. The second-order valence-electron chi connectivity index (χ2n) is 6.84. The normalized spacial score (nSPS) is 14.1. The fourth-order valence-electron chi connectivity index (χ4n) is 3.40. The third-order valence-electron chi connectivity index (χ3n) is 5.00. The van der Waals surface area contributed by atoms with Gasteiger partial charge in [0.15, 0.2) is 0 Å². The Labute approximate surface area is 186 Å². The van der Waals surface area contributed by atoms with Crippen molar-refractivity contribution in [3.8, 4) is 11.4 Å². The quantitative estimate of drug-likeness (QED) is 0.611. The highest BCUT2D eigenvalue weighted by atomic mass is 79.9. The molecule has 1 saturated heterocycles. The van der Waals surface area contributed by atoms with E-state index in [0.717, 1.165) is 4.47 Å². The molecule has 1 amide bonds. The van der Waals surface area contributed by atoms with Crippen LogP contribution >= 0.6 is 27.5 Å². The number of aromatic nitrogens is 2. The predicted octanol–water partition coefficient (Wildman–Crippen LogP) is 3.32. The number of piperazine rings is 1. The van der Waals surface area contributed by atoms with Crippen LogP contribution < -0.4 is 10.5 Å². The molecule has 154 valence electrons. The van der Waals surface area contributed by atoms with Crippen LogP contribution in [-0.4, -0.2) is 51.9 Å². The zero-order chi connectivity index (χ0) is 21.3. The lowest BCUT2D eigenvalue weighted by atomic mass is 10.1. The number of hydrogen-bond acceptors (Lipinski definition) is 5. The summed E-state index contributed by atoms with van der Waals surface area (Å²) in [7, 11) is 0. The third kappa shape index (κ3) is 3.93. The average Bonchev–Trinajstić information content (AvgIpc) is 2.77. The molecule has 1 N–H and O–H groups in total. The fourth-order valence-corrected chi connectivity index (χ4v) is 4.01. The third-order valence-corrected chi connectivity index (χ3v) is 5.85. The number of anilines is 1. The van der Waals surface area contributed by atoms with E-state index in [1.165, 1.54) is 10.7 Å². The van der Waals surface area contributed by atoms with Crippen molar-refractivity contribution < 1.29 is 9.90 Å². The van der Waals surface area contributed by atoms with Gasteiger partial charge in [0.1, 0.15) is 10.8 Å². The minimum Gasteiger partial charge on any atom is -0.507 e. The number of phenolic OH excluding ortho intramolecular Hbond substituents is 1. The molecule has 3 aromatic rings. The maximum Gasteiger partial charge on any atom is 0.292 e. The van der Waals surface area contributed by atoms with Crippen molar-refractivity contribution in [1.82, 2.24) is 14.7 Å². The summed E-state index contributed by atoms with van der Waals surface area (Å²) in [6, 6.07) is 13.8. The summed E-state index contributed by atoms with van der Waals surface area (Å²) >= 11 is 9.70. The number of carbonyl (C=O) groups is 1. The van der Waals surface area contributed by atoms with Crippen molar-refractivity contribution >= 4 is 39.1 Å². The minimum atomic E-state index is -0.391. The zero-order valence-corrected chi connectivity index (χ0v) is 18.2. The highest BCUT2D eigenvalue weighted by Gasteiger charge is 2.26. The number of halogens is 2. The van der Waals surface area contributed by atoms with Gasteiger partial charge in [0.25, 0.3) is 11.5 Å². The van der Waals surface area contributed by atoms with Crippen molar-refractivity contribution in [2.24, 2.45) is 0 Å². The molecule has 2 heterocycles. The molecule has 0 unspecified atom stereocenters. The molecule has 7 nitrogen and oxygen atoms in total. The molecular formula is C21H18BrClN4O3. The number of rotatable bonds is 3. The number of benzene rings is 2. The van der Waals surface area contributed by atoms with Crippen LogP contribution in [0.15, 0.2) is 64.0 Å². The Bertz CT molecular complexity index is 1140. The van der Waals surface area contributed by atoms with Gasteiger partial charge in [-0.25, -0.2) is 0 Å². The van der Waals surface area contributed by atoms with E-state index in [4.69, 9.17) is 11.6 Å². The SMILES string of the molecule is O=C(c1cc(Br)ccc1O)N1CCN(c2cnn(-c3ccccc3)c(=O)c2Cl)CC1. The first-order chi connectivity index (χ1) is 14.5. The largest absolute Gasteiger partial charge is 0.507 e. The molecule has 9 heteroatoms. The summed E-state index contributed by atoms with van der Waals surface area (Å²) in [5.41, 5.74) is 1.05. The molecule has 2 aromatic carbocycles. The Morgan fingerprint density at radius 3 is 2.47 bits per heavy atom. The lowest BCUT2D eigenvalue weighted by molar-refractivity contribution is 0.0743. The Morgan fingerprint density at radius 2 is 1.77 bits per heavy atom. The van der Waals surface area contributed by atoms with Crippen molar-refractivity contribution in [3.63, 3.8) is 0 Å². The van der Waals surface area contributed by atoms with Crippen molar-refractivity contribution in [2.45, 2.75) is 0 Å². The van der Waals surface area contributed by atoms with Gasteiger partial charge in [0.2, 0.25) is 0 Å². The Hall–Kier alpha value is -2.84. The Balaban J connectivity index is 1.51. The van der Waals surface area contributed by atoms with Crippen molar-refractivity contribution in [1.29, 1.82) is 0 Å². The predicted molar refractivity (Wildman–Crippen MR) is 119 cm³/mol. The van der Waals surface area contributed by atoms with Gasteiger partial charge < -0.3 is 14.9 Å². The van der Waals surface area contributed by atoms with E-state index in [1.54, 1.807) is 35.4 Å². The summed E-state index contributed by atoms with van der Waals surface area (Å²) in [6.07, 6.45) is 1.58. The maximum atomic E-state index is 12.8. The molecule has 1 aromatic heterocycles. The number of carbonyl (C=O) groups excluding carboxylic acids is 1. The van der Waals surface area contributed by atoms with Crippen LogP contribution in [0.5, 0.6) is 5.75 Å². The van der Waals surface area contributed by atoms with E-state index in [9.17, 15) is 14.7 Å². The van der Waals surface area contributed by atoms with Gasteiger partial charge in [-0.1, -0.05) is 45.7 Å². The first kappa shape index (κ1) is 20.4. The molecule has 0 saturated carbocycles. The van der Waals surface area contributed by atoms with E-state index >= 15 is 0 Å². The second kappa shape index (κ2) is 8.49. The van der Waals surface area contributed by atoms with Gasteiger partial charge in [-0.15, -0.1) is 0 Å². The molecule has 0 spiro atoms. The van der Waals surface area contributed by atoms with Gasteiger partial charge in [0.05, 0.1) is 23.1 Å². The maximum absolute atomic E-state index is 12.8. The molecule has 1 aliphatic heterocycles. The minimum absolute atomic E-state index is 0.0533. The Kier molecular flexibility index (Phi) is 5.78. The number of phenols is 1. The summed E-state index contributed by atoms with van der Waals surface area (Å²) in [5.74, 6) is -0.292. The van der Waals surface area contributed by atoms with Crippen LogP contribution in [0.25, 0.3) is 5.69 Å². The van der Waals surface area contributed by atoms with Crippen LogP contribution in [0.1, 0.15) is 10.4 Å². The van der Waals surface area contributed by atoms with Crippen LogP contribution in [0.2, 0.25) is 5.02 Å². The van der Waals surface area contributed by atoms with E-state index in [1.807, 2.05) is 23.1 Å². The van der Waals surface area contributed by atoms with Gasteiger partial charge in [0, 0.05) is 30.7 Å². The average molecular weight is 490 g/mol. The number of aromatic hydroxyl groups is 1. The number of hydrogen-bond donors (Lipinski definition) is 1. The topological polar surface area (TPSA) is 78.7 Å². The first-order valence-electron chi connectivity index (χ1n) is 9.31. The van der Waals surface area contributed by atoms with Gasteiger partial charge in [-0.3, -0.25) is 9.59 Å². The zero-order valence-electron chi connectivity index (χ0n) is 15.8. The highest BCUT2D eigenvalue weighted by Crippen LogP contribution is 2.26. The van der Waals surface area contributed by atoms with Crippen molar-refractivity contribution in [3.05, 3.63) is 80.1 Å². The van der Waals surface area contributed by atoms with Crippen LogP contribution in [0.3, 0.4) is 0 Å². The van der Waals surface area contributed by atoms with E-state index in [2.05, 4.69) is 21.0 Å². The smallest absolute Gasteiger partial charge is 0.292 e. The van der Waals surface area contributed by atoms with E-state index in [-0.39, 0.29) is 22.2 Å². The molecule has 1 fully saturated rings. The number of amides is 1. The lowest BCUT2D eigenvalue weighted by Gasteiger charge is -2.36. The summed E-state index contributed by atoms with van der Waals surface area (Å²) in [4.78, 5) is 29.1. The van der Waals surface area contributed by atoms with Gasteiger partial charge in [-0.2, -0.15) is 9.78 Å². The number of nitrogens with zero attached hydrogens (tertiary/aromatic N) is 4. The molecular weight excluding hydrogens is 472 g/mol. The second-order valence-corrected chi connectivity index (χ2v) is 8.13. The molecule has 0 aliphatic carbocycles. The highest BCUT2D eigenvalue weighted by molar-refractivity contribution is 9.10. The first-order valence-corrected chi connectivity index (χ1v) is 10.5. The molecule has 1 aliphatic rings. The molecule has 0 radical (unpaired) electrons. The van der Waals surface area contributed by atoms with Gasteiger partial charge in [-0.05, 0) is 30.3 Å². The molecule has 30 heavy (non-hydrogen) atoms. The Morgan fingerprint density at radius 1 is 1.07 bits per heavy atom. The fraction of sp³-hybridized carbons (Fsp3) is 0.190. The summed E-state index contributed by atoms with van der Waals surface area (Å²) < 4.78 is 1.99. The van der Waals surface area contributed by atoms with Gasteiger partial charge >= 0.3 is 0 Å². The van der Waals surface area contributed by atoms with Crippen LogP contribution in [0, 0.1) is 0 Å². The summed E-state index contributed by atoms with van der Waals surface area (Å²) in [6.45, 7) is 1.86. The summed E-state index contributed by atoms with van der Waals surface area (Å²) in [5, 5.41) is 14.4. The van der Waals surface area contributed by atoms with Crippen LogP contribution in [-0.2, 0) is 0 Å². The monoisotopic (exact) mass is 488 g/mol. The molecule has 4 rings (SSSR count). The lowest BCUT2D eigenvalue weighted by Crippen LogP contribution is -2.49. The van der Waals surface area contributed by atoms with E-state index in [0.29, 0.717) is 37.6 Å². The van der Waals surface area contributed by atoms with Crippen LogP contribution in [0.4, 0.5) is 5.69 Å². The number of para-hydroxylation sites is 1. The van der Waals surface area contributed by atoms with E-state index < -0.39 is 5.56 Å². The molecule has 0 atom stereocenters. The van der Waals surface area contributed by atoms with Crippen molar-refractivity contribution in [2.75, 3.05) is 31.1 Å².